The molecule has 2 aromatic carbocycles. The largest absolute Gasteiger partial charge is 0.491 e. The first-order chi connectivity index (χ1) is 10.1. The van der Waals surface area contributed by atoms with Crippen LogP contribution in [-0.4, -0.2) is 19.1 Å². The number of carbonyl (C=O) groups excluding carboxylic acids is 1. The summed E-state index contributed by atoms with van der Waals surface area (Å²) < 4.78 is 5.67. The van der Waals surface area contributed by atoms with Crippen LogP contribution < -0.4 is 15.4 Å². The summed E-state index contributed by atoms with van der Waals surface area (Å²) >= 11 is 5.99. The van der Waals surface area contributed by atoms with Gasteiger partial charge in [-0.3, -0.25) is 4.79 Å². The number of benzene rings is 2. The van der Waals surface area contributed by atoms with E-state index in [4.69, 9.17) is 22.1 Å². The van der Waals surface area contributed by atoms with E-state index in [1.165, 1.54) is 0 Å². The highest BCUT2D eigenvalue weighted by Gasteiger charge is 2.23. The maximum Gasteiger partial charge on any atom is 0.258 e. The molecule has 4 nitrogen and oxygen atoms in total. The van der Waals surface area contributed by atoms with Crippen LogP contribution in [0.5, 0.6) is 5.75 Å². The Morgan fingerprint density at radius 1 is 1.24 bits per heavy atom. The van der Waals surface area contributed by atoms with Gasteiger partial charge in [0.1, 0.15) is 5.75 Å². The molecular weight excluding hydrogens is 288 g/mol. The van der Waals surface area contributed by atoms with Crippen molar-refractivity contribution in [2.24, 2.45) is 0 Å². The molecule has 3 rings (SSSR count). The van der Waals surface area contributed by atoms with Crippen LogP contribution in [0.3, 0.4) is 0 Å². The predicted octanol–water partition coefficient (Wildman–Crippen LogP) is 3.35. The van der Waals surface area contributed by atoms with Gasteiger partial charge in [-0.15, -0.1) is 0 Å². The summed E-state index contributed by atoms with van der Waals surface area (Å²) in [5.74, 6) is 0.598. The standard InChI is InChI=1S/C16H15ClN2O2/c17-12-8-11(9-13(18)10-12)16(20)19-6-3-7-21-15-5-2-1-4-14(15)19/h1-2,4-5,8-10H,3,6-7,18H2. The summed E-state index contributed by atoms with van der Waals surface area (Å²) in [5, 5.41) is 0.456. The maximum atomic E-state index is 12.8. The van der Waals surface area contributed by atoms with Crippen LogP contribution in [0, 0.1) is 0 Å². The SMILES string of the molecule is Nc1cc(Cl)cc(C(=O)N2CCCOc3ccccc32)c1. The van der Waals surface area contributed by atoms with Gasteiger partial charge in [0.25, 0.3) is 5.91 Å². The molecule has 2 N–H and O–H groups in total. The molecule has 0 aliphatic carbocycles. The molecule has 1 aliphatic rings. The van der Waals surface area contributed by atoms with Gasteiger partial charge in [0, 0.05) is 22.8 Å². The molecule has 2 aromatic rings. The first-order valence-corrected chi connectivity index (χ1v) is 7.13. The Morgan fingerprint density at radius 2 is 2.05 bits per heavy atom. The van der Waals surface area contributed by atoms with Crippen molar-refractivity contribution in [2.75, 3.05) is 23.8 Å². The molecule has 0 unspecified atom stereocenters. The number of nitrogen functional groups attached to an aromatic ring is 1. The molecular formula is C16H15ClN2O2. The minimum atomic E-state index is -0.123. The Morgan fingerprint density at radius 3 is 2.86 bits per heavy atom. The van der Waals surface area contributed by atoms with Gasteiger partial charge < -0.3 is 15.4 Å². The molecule has 0 saturated carbocycles. The number of nitrogens with zero attached hydrogens (tertiary/aromatic N) is 1. The first-order valence-electron chi connectivity index (χ1n) is 6.75. The Kier molecular flexibility index (Phi) is 3.71. The Labute approximate surface area is 128 Å². The molecule has 0 aromatic heterocycles. The number of ether oxygens (including phenoxy) is 1. The van der Waals surface area contributed by atoms with Crippen molar-refractivity contribution in [3.05, 3.63) is 53.1 Å². The Bertz CT molecular complexity index is 667. The molecule has 21 heavy (non-hydrogen) atoms. The van der Waals surface area contributed by atoms with Crippen LogP contribution in [0.15, 0.2) is 42.5 Å². The molecule has 0 radical (unpaired) electrons. The predicted molar refractivity (Wildman–Crippen MR) is 84.1 cm³/mol. The number of hydrogen-bond acceptors (Lipinski definition) is 3. The minimum absolute atomic E-state index is 0.123. The van der Waals surface area contributed by atoms with Crippen molar-refractivity contribution in [1.29, 1.82) is 0 Å². The van der Waals surface area contributed by atoms with E-state index in [-0.39, 0.29) is 5.91 Å². The van der Waals surface area contributed by atoms with Crippen LogP contribution in [-0.2, 0) is 0 Å². The Hall–Kier alpha value is -2.20. The molecule has 0 bridgehead atoms. The highest BCUT2D eigenvalue weighted by Crippen LogP contribution is 2.32. The maximum absolute atomic E-state index is 12.8. The quantitative estimate of drug-likeness (QED) is 0.822. The summed E-state index contributed by atoms with van der Waals surface area (Å²) in [6, 6.07) is 12.4. The van der Waals surface area contributed by atoms with Crippen molar-refractivity contribution in [2.45, 2.75) is 6.42 Å². The molecule has 1 amide bonds. The number of anilines is 2. The van der Waals surface area contributed by atoms with Crippen molar-refractivity contribution < 1.29 is 9.53 Å². The van der Waals surface area contributed by atoms with E-state index in [0.29, 0.717) is 29.4 Å². The third-order valence-electron chi connectivity index (χ3n) is 3.35. The zero-order valence-electron chi connectivity index (χ0n) is 11.4. The fourth-order valence-corrected chi connectivity index (χ4v) is 2.67. The fourth-order valence-electron chi connectivity index (χ4n) is 2.43. The fraction of sp³-hybridized carbons (Fsp3) is 0.188. The number of amides is 1. The van der Waals surface area contributed by atoms with Gasteiger partial charge in [-0.2, -0.15) is 0 Å². The van der Waals surface area contributed by atoms with E-state index in [1.54, 1.807) is 23.1 Å². The minimum Gasteiger partial charge on any atom is -0.491 e. The van der Waals surface area contributed by atoms with E-state index in [1.807, 2.05) is 24.3 Å². The van der Waals surface area contributed by atoms with Crippen molar-refractivity contribution in [3.63, 3.8) is 0 Å². The molecule has 0 saturated heterocycles. The monoisotopic (exact) mass is 302 g/mol. The number of nitrogens with two attached hydrogens (primary N) is 1. The molecule has 1 aliphatic heterocycles. The van der Waals surface area contributed by atoms with Crippen LogP contribution in [0.4, 0.5) is 11.4 Å². The molecule has 5 heteroatoms. The smallest absolute Gasteiger partial charge is 0.258 e. The summed E-state index contributed by atoms with van der Waals surface area (Å²) in [4.78, 5) is 14.5. The average Bonchev–Trinajstić information content (AvgIpc) is 2.68. The summed E-state index contributed by atoms with van der Waals surface area (Å²) in [6.45, 7) is 1.20. The number of carbonyl (C=O) groups is 1. The molecule has 108 valence electrons. The molecule has 0 atom stereocenters. The topological polar surface area (TPSA) is 55.6 Å². The second-order valence-electron chi connectivity index (χ2n) is 4.90. The number of halogens is 1. The zero-order chi connectivity index (χ0) is 14.8. The third kappa shape index (κ3) is 2.81. The van der Waals surface area contributed by atoms with Crippen LogP contribution in [0.1, 0.15) is 16.8 Å². The van der Waals surface area contributed by atoms with Gasteiger partial charge in [-0.25, -0.2) is 0 Å². The van der Waals surface area contributed by atoms with E-state index >= 15 is 0 Å². The summed E-state index contributed by atoms with van der Waals surface area (Å²) in [5.41, 5.74) is 7.51. The lowest BCUT2D eigenvalue weighted by Gasteiger charge is -2.22. The number of para-hydroxylation sites is 2. The highest BCUT2D eigenvalue weighted by atomic mass is 35.5. The Balaban J connectivity index is 2.01. The van der Waals surface area contributed by atoms with E-state index < -0.39 is 0 Å². The normalized spacial score (nSPS) is 14.0. The third-order valence-corrected chi connectivity index (χ3v) is 3.57. The zero-order valence-corrected chi connectivity index (χ0v) is 12.1. The molecule has 0 fully saturated rings. The lowest BCUT2D eigenvalue weighted by atomic mass is 10.1. The van der Waals surface area contributed by atoms with E-state index in [9.17, 15) is 4.79 Å². The van der Waals surface area contributed by atoms with Gasteiger partial charge in [0.05, 0.1) is 12.3 Å². The number of hydrogen-bond donors (Lipinski definition) is 1. The molecule has 1 heterocycles. The molecule has 0 spiro atoms. The lowest BCUT2D eigenvalue weighted by Crippen LogP contribution is -2.31. The van der Waals surface area contributed by atoms with Crippen molar-refractivity contribution in [3.8, 4) is 5.75 Å². The van der Waals surface area contributed by atoms with Crippen LogP contribution in [0.2, 0.25) is 5.02 Å². The van der Waals surface area contributed by atoms with Gasteiger partial charge in [-0.05, 0) is 36.8 Å². The van der Waals surface area contributed by atoms with Gasteiger partial charge >= 0.3 is 0 Å². The van der Waals surface area contributed by atoms with Crippen molar-refractivity contribution >= 4 is 28.9 Å². The highest BCUT2D eigenvalue weighted by molar-refractivity contribution is 6.31. The number of fused-ring (bicyclic) bond motifs is 1. The van der Waals surface area contributed by atoms with E-state index in [0.717, 1.165) is 17.9 Å². The second kappa shape index (κ2) is 5.66. The number of rotatable bonds is 1. The van der Waals surface area contributed by atoms with Gasteiger partial charge in [0.15, 0.2) is 0 Å². The lowest BCUT2D eigenvalue weighted by molar-refractivity contribution is 0.0987. The summed E-state index contributed by atoms with van der Waals surface area (Å²) in [6.07, 6.45) is 0.774. The average molecular weight is 303 g/mol. The van der Waals surface area contributed by atoms with Crippen LogP contribution >= 0.6 is 11.6 Å². The second-order valence-corrected chi connectivity index (χ2v) is 5.34. The van der Waals surface area contributed by atoms with E-state index in [2.05, 4.69) is 0 Å². The first kappa shape index (κ1) is 13.8. The van der Waals surface area contributed by atoms with Crippen LogP contribution in [0.25, 0.3) is 0 Å². The summed E-state index contributed by atoms with van der Waals surface area (Å²) in [7, 11) is 0. The van der Waals surface area contributed by atoms with Crippen molar-refractivity contribution in [1.82, 2.24) is 0 Å². The van der Waals surface area contributed by atoms with Gasteiger partial charge in [-0.1, -0.05) is 23.7 Å². The van der Waals surface area contributed by atoms with Gasteiger partial charge in [0.2, 0.25) is 0 Å².